The summed E-state index contributed by atoms with van der Waals surface area (Å²) in [4.78, 5) is 0. The van der Waals surface area contributed by atoms with Gasteiger partial charge in [-0.3, -0.25) is 0 Å². The summed E-state index contributed by atoms with van der Waals surface area (Å²) in [7, 11) is 0. The molecule has 0 aromatic heterocycles. The van der Waals surface area contributed by atoms with Gasteiger partial charge in [-0.2, -0.15) is 0 Å². The lowest BCUT2D eigenvalue weighted by Crippen LogP contribution is -2.12. The fraction of sp³-hybridized carbons (Fsp3) is 0.385. The maximum atomic E-state index is 3.47. The highest BCUT2D eigenvalue weighted by molar-refractivity contribution is 5.53. The maximum Gasteiger partial charge on any atom is 0.0416 e. The molecule has 1 heteroatoms. The van der Waals surface area contributed by atoms with Crippen LogP contribution >= 0.6 is 0 Å². The summed E-state index contributed by atoms with van der Waals surface area (Å²) in [5.41, 5.74) is 3.83. The van der Waals surface area contributed by atoms with Gasteiger partial charge in [-0.15, -0.1) is 0 Å². The molecular weight excluding hydrogens is 170 g/mol. The SMILES string of the molecule is CC=CC(C)Nc1cc(C)ccc1C. The summed E-state index contributed by atoms with van der Waals surface area (Å²) < 4.78 is 0. The van der Waals surface area contributed by atoms with E-state index in [1.165, 1.54) is 16.8 Å². The molecule has 1 atom stereocenters. The average Bonchev–Trinajstić information content (AvgIpc) is 2.12. The second-order valence-corrected chi connectivity index (χ2v) is 3.78. The van der Waals surface area contributed by atoms with Crippen molar-refractivity contribution >= 4 is 5.69 Å². The molecule has 0 amide bonds. The van der Waals surface area contributed by atoms with Crippen molar-refractivity contribution in [2.75, 3.05) is 5.32 Å². The van der Waals surface area contributed by atoms with Crippen LogP contribution in [0.1, 0.15) is 25.0 Å². The largest absolute Gasteiger partial charge is 0.379 e. The van der Waals surface area contributed by atoms with Gasteiger partial charge < -0.3 is 5.32 Å². The minimum atomic E-state index is 0.389. The van der Waals surface area contributed by atoms with E-state index in [1.807, 2.05) is 6.92 Å². The molecule has 0 aliphatic rings. The van der Waals surface area contributed by atoms with Crippen molar-refractivity contribution in [2.45, 2.75) is 33.7 Å². The molecule has 0 saturated heterocycles. The molecule has 0 aliphatic carbocycles. The molecule has 14 heavy (non-hydrogen) atoms. The Hall–Kier alpha value is -1.24. The first-order valence-corrected chi connectivity index (χ1v) is 5.10. The van der Waals surface area contributed by atoms with Crippen molar-refractivity contribution in [3.8, 4) is 0 Å². The molecule has 0 spiro atoms. The highest BCUT2D eigenvalue weighted by atomic mass is 14.9. The molecule has 0 saturated carbocycles. The molecule has 1 nitrogen and oxygen atoms in total. The fourth-order valence-corrected chi connectivity index (χ4v) is 1.47. The Morgan fingerprint density at radius 2 is 2.00 bits per heavy atom. The molecule has 0 radical (unpaired) electrons. The van der Waals surface area contributed by atoms with E-state index in [1.54, 1.807) is 0 Å². The number of aryl methyl sites for hydroxylation is 2. The van der Waals surface area contributed by atoms with Crippen molar-refractivity contribution in [2.24, 2.45) is 0 Å². The number of hydrogen-bond acceptors (Lipinski definition) is 1. The normalized spacial score (nSPS) is 13.1. The second kappa shape index (κ2) is 4.85. The summed E-state index contributed by atoms with van der Waals surface area (Å²) in [6.45, 7) is 8.44. The molecular formula is C13H19N. The van der Waals surface area contributed by atoms with Gasteiger partial charge in [-0.25, -0.2) is 0 Å². The van der Waals surface area contributed by atoms with E-state index in [9.17, 15) is 0 Å². The quantitative estimate of drug-likeness (QED) is 0.715. The number of anilines is 1. The van der Waals surface area contributed by atoms with Gasteiger partial charge in [0.05, 0.1) is 0 Å². The molecule has 1 N–H and O–H groups in total. The molecule has 1 aromatic carbocycles. The lowest BCUT2D eigenvalue weighted by molar-refractivity contribution is 0.990. The number of rotatable bonds is 3. The van der Waals surface area contributed by atoms with Crippen LogP contribution in [0, 0.1) is 13.8 Å². The third-order valence-electron chi connectivity index (χ3n) is 2.26. The first-order chi connectivity index (χ1) is 6.63. The molecule has 0 heterocycles. The molecule has 76 valence electrons. The van der Waals surface area contributed by atoms with Crippen LogP contribution in [0.5, 0.6) is 0 Å². The van der Waals surface area contributed by atoms with Crippen molar-refractivity contribution in [1.29, 1.82) is 0 Å². The molecule has 0 bridgehead atoms. The first-order valence-electron chi connectivity index (χ1n) is 5.10. The van der Waals surface area contributed by atoms with Crippen LogP contribution in [0.25, 0.3) is 0 Å². The molecule has 1 unspecified atom stereocenters. The van der Waals surface area contributed by atoms with E-state index in [0.717, 1.165) is 0 Å². The number of nitrogens with one attached hydrogen (secondary N) is 1. The molecule has 0 fully saturated rings. The van der Waals surface area contributed by atoms with Crippen LogP contribution in [0.15, 0.2) is 30.4 Å². The maximum absolute atomic E-state index is 3.47. The van der Waals surface area contributed by atoms with Crippen LogP contribution in [0.4, 0.5) is 5.69 Å². The topological polar surface area (TPSA) is 12.0 Å². The standard InChI is InChI=1S/C13H19N/c1-5-6-12(4)14-13-9-10(2)7-8-11(13)3/h5-9,12,14H,1-4H3. The highest BCUT2D eigenvalue weighted by Gasteiger charge is 2.00. The van der Waals surface area contributed by atoms with E-state index in [0.29, 0.717) is 6.04 Å². The lowest BCUT2D eigenvalue weighted by Gasteiger charge is -2.14. The Kier molecular flexibility index (Phi) is 3.75. The molecule has 0 aliphatic heterocycles. The van der Waals surface area contributed by atoms with Crippen LogP contribution in [0.3, 0.4) is 0 Å². The highest BCUT2D eigenvalue weighted by Crippen LogP contribution is 2.17. The number of benzene rings is 1. The Labute approximate surface area is 86.8 Å². The van der Waals surface area contributed by atoms with Crippen LogP contribution in [-0.2, 0) is 0 Å². The number of hydrogen-bond donors (Lipinski definition) is 1. The van der Waals surface area contributed by atoms with E-state index < -0.39 is 0 Å². The van der Waals surface area contributed by atoms with E-state index >= 15 is 0 Å². The Balaban J connectivity index is 2.80. The first kappa shape index (κ1) is 10.8. The lowest BCUT2D eigenvalue weighted by atomic mass is 10.1. The Morgan fingerprint density at radius 1 is 1.29 bits per heavy atom. The molecule has 1 rings (SSSR count). The van der Waals surface area contributed by atoms with Gasteiger partial charge >= 0.3 is 0 Å². The van der Waals surface area contributed by atoms with Crippen LogP contribution < -0.4 is 5.32 Å². The van der Waals surface area contributed by atoms with Gasteiger partial charge in [0.25, 0.3) is 0 Å². The predicted octanol–water partition coefficient (Wildman–Crippen LogP) is 3.68. The monoisotopic (exact) mass is 189 g/mol. The third-order valence-corrected chi connectivity index (χ3v) is 2.26. The van der Waals surface area contributed by atoms with Crippen molar-refractivity contribution in [3.63, 3.8) is 0 Å². The minimum absolute atomic E-state index is 0.389. The fourth-order valence-electron chi connectivity index (χ4n) is 1.47. The average molecular weight is 189 g/mol. The van der Waals surface area contributed by atoms with Gasteiger partial charge in [0.15, 0.2) is 0 Å². The van der Waals surface area contributed by atoms with Crippen LogP contribution in [-0.4, -0.2) is 6.04 Å². The van der Waals surface area contributed by atoms with E-state index in [4.69, 9.17) is 0 Å². The second-order valence-electron chi connectivity index (χ2n) is 3.78. The zero-order valence-electron chi connectivity index (χ0n) is 9.46. The zero-order chi connectivity index (χ0) is 10.6. The Morgan fingerprint density at radius 3 is 2.64 bits per heavy atom. The summed E-state index contributed by atoms with van der Waals surface area (Å²) in [6, 6.07) is 6.87. The van der Waals surface area contributed by atoms with E-state index in [2.05, 4.69) is 56.4 Å². The van der Waals surface area contributed by atoms with Crippen molar-refractivity contribution < 1.29 is 0 Å². The molecule has 1 aromatic rings. The van der Waals surface area contributed by atoms with Gasteiger partial charge in [0.2, 0.25) is 0 Å². The van der Waals surface area contributed by atoms with Gasteiger partial charge in [-0.05, 0) is 44.9 Å². The van der Waals surface area contributed by atoms with Crippen molar-refractivity contribution in [3.05, 3.63) is 41.5 Å². The number of allylic oxidation sites excluding steroid dienone is 1. The van der Waals surface area contributed by atoms with Crippen LogP contribution in [0.2, 0.25) is 0 Å². The van der Waals surface area contributed by atoms with Gasteiger partial charge in [0.1, 0.15) is 0 Å². The van der Waals surface area contributed by atoms with Crippen molar-refractivity contribution in [1.82, 2.24) is 0 Å². The summed E-state index contributed by atoms with van der Waals surface area (Å²) in [5, 5.41) is 3.47. The third kappa shape index (κ3) is 2.91. The smallest absolute Gasteiger partial charge is 0.0416 e. The van der Waals surface area contributed by atoms with Gasteiger partial charge in [-0.1, -0.05) is 24.3 Å². The predicted molar refractivity (Wildman–Crippen MR) is 63.8 cm³/mol. The zero-order valence-corrected chi connectivity index (χ0v) is 9.46. The minimum Gasteiger partial charge on any atom is -0.379 e. The Bertz CT molecular complexity index is 326. The summed E-state index contributed by atoms with van der Waals surface area (Å²) in [5.74, 6) is 0. The summed E-state index contributed by atoms with van der Waals surface area (Å²) >= 11 is 0. The van der Waals surface area contributed by atoms with Gasteiger partial charge in [0, 0.05) is 11.7 Å². The summed E-state index contributed by atoms with van der Waals surface area (Å²) in [6.07, 6.45) is 4.23. The van der Waals surface area contributed by atoms with E-state index in [-0.39, 0.29) is 0 Å².